The van der Waals surface area contributed by atoms with Crippen LogP contribution in [0.1, 0.15) is 20.8 Å². The van der Waals surface area contributed by atoms with Crippen molar-refractivity contribution in [3.05, 3.63) is 17.5 Å². The summed E-state index contributed by atoms with van der Waals surface area (Å²) < 4.78 is 1.14. The number of nitrogens with zero attached hydrogens (tertiary/aromatic N) is 2. The second-order valence-electron chi connectivity index (χ2n) is 2.00. The van der Waals surface area contributed by atoms with Gasteiger partial charge in [-0.2, -0.15) is 5.10 Å². The number of carbonyl (C=O) groups excluding carboxylic acids is 1. The Bertz CT molecular complexity index is 303. The second-order valence-corrected chi connectivity index (χ2v) is 2.00. The van der Waals surface area contributed by atoms with E-state index < -0.39 is 5.97 Å². The van der Waals surface area contributed by atoms with Crippen molar-refractivity contribution in [1.82, 2.24) is 9.78 Å². The van der Waals surface area contributed by atoms with Gasteiger partial charge in [-0.1, -0.05) is 0 Å². The van der Waals surface area contributed by atoms with Crippen molar-refractivity contribution in [1.29, 1.82) is 0 Å². The van der Waals surface area contributed by atoms with Crippen LogP contribution in [0.2, 0.25) is 0 Å². The number of hydrogen-bond acceptors (Lipinski definition) is 3. The molecule has 0 bridgehead atoms. The lowest BCUT2D eigenvalue weighted by Gasteiger charge is -1.93. The van der Waals surface area contributed by atoms with Crippen molar-refractivity contribution < 1.29 is 14.7 Å². The number of aldehydes is 1. The zero-order chi connectivity index (χ0) is 8.43. The van der Waals surface area contributed by atoms with E-state index in [9.17, 15) is 9.59 Å². The summed E-state index contributed by atoms with van der Waals surface area (Å²) >= 11 is 0. The van der Waals surface area contributed by atoms with Crippen molar-refractivity contribution in [2.24, 2.45) is 7.05 Å². The average Bonchev–Trinajstić information content (AvgIpc) is 2.30. The number of aromatic carboxylic acids is 1. The van der Waals surface area contributed by atoms with Gasteiger partial charge in [0.05, 0.1) is 11.8 Å². The number of hydrogen-bond donors (Lipinski definition) is 1. The molecule has 5 nitrogen and oxygen atoms in total. The van der Waals surface area contributed by atoms with E-state index in [4.69, 9.17) is 5.11 Å². The van der Waals surface area contributed by atoms with Gasteiger partial charge in [0.25, 0.3) is 0 Å². The molecule has 0 radical (unpaired) electrons. The molecule has 0 spiro atoms. The summed E-state index contributed by atoms with van der Waals surface area (Å²) in [6, 6.07) is 0. The number of rotatable bonds is 2. The molecule has 5 heteroatoms. The van der Waals surface area contributed by atoms with E-state index >= 15 is 0 Å². The molecule has 11 heavy (non-hydrogen) atoms. The van der Waals surface area contributed by atoms with Gasteiger partial charge in [0.2, 0.25) is 0 Å². The fourth-order valence-electron chi connectivity index (χ4n) is 0.803. The number of aryl methyl sites for hydroxylation is 1. The Balaban J connectivity index is 3.28. The largest absolute Gasteiger partial charge is 0.477 e. The molecule has 0 atom stereocenters. The summed E-state index contributed by atoms with van der Waals surface area (Å²) in [6.07, 6.45) is 1.69. The molecule has 0 aromatic carbocycles. The first kappa shape index (κ1) is 7.46. The van der Waals surface area contributed by atoms with Gasteiger partial charge in [-0.15, -0.1) is 0 Å². The Kier molecular flexibility index (Phi) is 1.72. The van der Waals surface area contributed by atoms with Crippen molar-refractivity contribution in [2.45, 2.75) is 0 Å². The maximum absolute atomic E-state index is 10.4. The Morgan fingerprint density at radius 1 is 1.82 bits per heavy atom. The smallest absolute Gasteiger partial charge is 0.354 e. The Hall–Kier alpha value is -1.65. The summed E-state index contributed by atoms with van der Waals surface area (Å²) in [6.45, 7) is 0. The number of aromatic nitrogens is 2. The molecule has 1 heterocycles. The van der Waals surface area contributed by atoms with E-state index in [0.29, 0.717) is 6.29 Å². The first-order chi connectivity index (χ1) is 5.16. The summed E-state index contributed by atoms with van der Waals surface area (Å²) in [5.41, 5.74) is 0.0139. The van der Waals surface area contributed by atoms with Crippen LogP contribution in [0.25, 0.3) is 0 Å². The van der Waals surface area contributed by atoms with Crippen molar-refractivity contribution in [3.63, 3.8) is 0 Å². The highest BCUT2D eigenvalue weighted by atomic mass is 16.4. The van der Waals surface area contributed by atoms with Crippen molar-refractivity contribution in [3.8, 4) is 0 Å². The second kappa shape index (κ2) is 2.53. The maximum Gasteiger partial charge on any atom is 0.354 e. The molecule has 1 rings (SSSR count). The summed E-state index contributed by atoms with van der Waals surface area (Å²) in [7, 11) is 1.47. The van der Waals surface area contributed by atoms with E-state index in [1.165, 1.54) is 13.2 Å². The van der Waals surface area contributed by atoms with Crippen LogP contribution >= 0.6 is 0 Å². The molecule has 0 fully saturated rings. The van der Waals surface area contributed by atoms with Crippen LogP contribution < -0.4 is 0 Å². The van der Waals surface area contributed by atoms with E-state index in [2.05, 4.69) is 5.10 Å². The minimum atomic E-state index is -1.15. The van der Waals surface area contributed by atoms with E-state index in [1.54, 1.807) is 0 Å². The van der Waals surface area contributed by atoms with Gasteiger partial charge in [-0.3, -0.25) is 9.48 Å². The third kappa shape index (κ3) is 1.12. The quantitative estimate of drug-likeness (QED) is 0.605. The molecule has 1 aromatic heterocycles. The molecule has 0 saturated heterocycles. The predicted molar refractivity (Wildman–Crippen MR) is 35.6 cm³/mol. The van der Waals surface area contributed by atoms with E-state index in [1.807, 2.05) is 0 Å². The van der Waals surface area contributed by atoms with Crippen molar-refractivity contribution >= 4 is 12.3 Å². The minimum absolute atomic E-state index is 0.0833. The van der Waals surface area contributed by atoms with Crippen molar-refractivity contribution in [2.75, 3.05) is 0 Å². The van der Waals surface area contributed by atoms with Gasteiger partial charge in [-0.25, -0.2) is 4.79 Å². The standard InChI is InChI=1S/C6H6N2O3/c1-8-5(6(10)11)4(3-9)2-7-8/h2-3H,1H3,(H,10,11). The summed E-state index contributed by atoms with van der Waals surface area (Å²) in [5, 5.41) is 12.2. The van der Waals surface area contributed by atoms with Gasteiger partial charge in [0, 0.05) is 7.05 Å². The maximum atomic E-state index is 10.4. The summed E-state index contributed by atoms with van der Waals surface area (Å²) in [4.78, 5) is 20.7. The zero-order valence-corrected chi connectivity index (χ0v) is 5.81. The fourth-order valence-corrected chi connectivity index (χ4v) is 0.803. The number of carboxylic acids is 1. The van der Waals surface area contributed by atoms with Crippen LogP contribution in [-0.4, -0.2) is 27.1 Å². The molecular formula is C6H6N2O3. The summed E-state index contributed by atoms with van der Waals surface area (Å²) in [5.74, 6) is -1.15. The van der Waals surface area contributed by atoms with Crippen LogP contribution in [0, 0.1) is 0 Å². The van der Waals surface area contributed by atoms with Crippen LogP contribution in [0.15, 0.2) is 6.20 Å². The highest BCUT2D eigenvalue weighted by Crippen LogP contribution is 2.03. The normalized spacial score (nSPS) is 9.55. The predicted octanol–water partition coefficient (Wildman–Crippen LogP) is -0.0692. The monoisotopic (exact) mass is 154 g/mol. The lowest BCUT2D eigenvalue weighted by molar-refractivity contribution is 0.0682. The molecule has 0 aliphatic carbocycles. The molecule has 0 aliphatic heterocycles. The van der Waals surface area contributed by atoms with Gasteiger partial charge >= 0.3 is 5.97 Å². The Morgan fingerprint density at radius 2 is 2.45 bits per heavy atom. The first-order valence-electron chi connectivity index (χ1n) is 2.87. The SMILES string of the molecule is Cn1ncc(C=O)c1C(=O)O. The van der Waals surface area contributed by atoms with E-state index in [0.717, 1.165) is 4.68 Å². The molecule has 0 amide bonds. The molecular weight excluding hydrogens is 148 g/mol. The number of carbonyl (C=O) groups is 2. The van der Waals surface area contributed by atoms with Gasteiger partial charge in [0.1, 0.15) is 0 Å². The van der Waals surface area contributed by atoms with Gasteiger partial charge in [-0.05, 0) is 0 Å². The van der Waals surface area contributed by atoms with Crippen LogP contribution in [0.3, 0.4) is 0 Å². The lowest BCUT2D eigenvalue weighted by Crippen LogP contribution is -2.07. The Labute approximate surface area is 62.3 Å². The minimum Gasteiger partial charge on any atom is -0.477 e. The average molecular weight is 154 g/mol. The van der Waals surface area contributed by atoms with E-state index in [-0.39, 0.29) is 11.3 Å². The van der Waals surface area contributed by atoms with Gasteiger partial charge < -0.3 is 5.11 Å². The lowest BCUT2D eigenvalue weighted by atomic mass is 10.3. The fraction of sp³-hybridized carbons (Fsp3) is 0.167. The Morgan fingerprint density at radius 3 is 2.82 bits per heavy atom. The highest BCUT2D eigenvalue weighted by molar-refractivity contribution is 5.95. The van der Waals surface area contributed by atoms with Crippen LogP contribution in [-0.2, 0) is 7.05 Å². The first-order valence-corrected chi connectivity index (χ1v) is 2.87. The number of carboxylic acid groups (broad SMARTS) is 1. The molecule has 1 aromatic rings. The third-order valence-corrected chi connectivity index (χ3v) is 1.30. The molecule has 58 valence electrons. The highest BCUT2D eigenvalue weighted by Gasteiger charge is 2.13. The third-order valence-electron chi connectivity index (χ3n) is 1.30. The molecule has 1 N–H and O–H groups in total. The molecule has 0 unspecified atom stereocenters. The molecule has 0 saturated carbocycles. The van der Waals surface area contributed by atoms with Gasteiger partial charge in [0.15, 0.2) is 12.0 Å². The van der Waals surface area contributed by atoms with Crippen LogP contribution in [0.5, 0.6) is 0 Å². The van der Waals surface area contributed by atoms with Crippen LogP contribution in [0.4, 0.5) is 0 Å². The zero-order valence-electron chi connectivity index (χ0n) is 5.81. The topological polar surface area (TPSA) is 72.2 Å². The molecule has 0 aliphatic rings.